The van der Waals surface area contributed by atoms with Crippen molar-refractivity contribution in [1.82, 2.24) is 9.55 Å². The highest BCUT2D eigenvalue weighted by Gasteiger charge is 2.17. The fourth-order valence-corrected chi connectivity index (χ4v) is 3.49. The van der Waals surface area contributed by atoms with Crippen LogP contribution in [0.2, 0.25) is 0 Å². The van der Waals surface area contributed by atoms with Crippen LogP contribution in [-0.2, 0) is 6.54 Å². The first-order chi connectivity index (χ1) is 15.4. The molecule has 0 aliphatic heterocycles. The maximum absolute atomic E-state index is 13.5. The minimum atomic E-state index is -0.389. The molecule has 0 aliphatic carbocycles. The summed E-state index contributed by atoms with van der Waals surface area (Å²) in [6, 6.07) is 14.5. The van der Waals surface area contributed by atoms with Crippen LogP contribution in [0.3, 0.4) is 0 Å². The van der Waals surface area contributed by atoms with Crippen molar-refractivity contribution >= 4 is 16.6 Å². The predicted octanol–water partition coefficient (Wildman–Crippen LogP) is 6.12. The molecule has 0 atom stereocenters. The average Bonchev–Trinajstić information content (AvgIpc) is 3.20. The first-order valence-electron chi connectivity index (χ1n) is 11.6. The van der Waals surface area contributed by atoms with Gasteiger partial charge < -0.3 is 4.57 Å². The number of unbranched alkanes of at least 4 members (excludes halogenated alkanes) is 2. The van der Waals surface area contributed by atoms with Crippen LogP contribution in [0, 0.1) is 0 Å². The van der Waals surface area contributed by atoms with Gasteiger partial charge in [-0.3, -0.25) is 9.78 Å². The maximum atomic E-state index is 13.5. The second-order valence-corrected chi connectivity index (χ2v) is 6.83. The van der Waals surface area contributed by atoms with Gasteiger partial charge in [0.1, 0.15) is 0 Å². The molecule has 3 nitrogen and oxygen atoms in total. The summed E-state index contributed by atoms with van der Waals surface area (Å²) in [6.07, 6.45) is 4.09. The first-order valence-corrected chi connectivity index (χ1v) is 9.59. The van der Waals surface area contributed by atoms with Crippen LogP contribution in [0.4, 0.5) is 0 Å². The summed E-state index contributed by atoms with van der Waals surface area (Å²) in [5.74, 6) is -0.133. The van der Waals surface area contributed by atoms with Gasteiger partial charge >= 0.3 is 0 Å². The molecule has 0 N–H and O–H groups in total. The van der Waals surface area contributed by atoms with Gasteiger partial charge in [-0.1, -0.05) is 62.2 Å². The van der Waals surface area contributed by atoms with Gasteiger partial charge in [-0.15, -0.1) is 0 Å². The second-order valence-electron chi connectivity index (χ2n) is 6.83. The zero-order valence-electron chi connectivity index (χ0n) is 19.8. The fourth-order valence-electron chi connectivity index (χ4n) is 3.49. The molecule has 4 aromatic rings. The van der Waals surface area contributed by atoms with Crippen LogP contribution in [0.1, 0.15) is 47.6 Å². The summed E-state index contributed by atoms with van der Waals surface area (Å²) < 4.78 is 34.2. The third-order valence-corrected chi connectivity index (χ3v) is 4.92. The van der Waals surface area contributed by atoms with Crippen LogP contribution >= 0.6 is 0 Å². The Morgan fingerprint density at radius 3 is 2.89 bits per heavy atom. The monoisotopic (exact) mass is 372 g/mol. The Hall–Kier alpha value is -3.20. The van der Waals surface area contributed by atoms with Crippen LogP contribution in [0.5, 0.6) is 0 Å². The molecular weight excluding hydrogens is 344 g/mol. The van der Waals surface area contributed by atoms with E-state index in [1.165, 1.54) is 0 Å². The van der Waals surface area contributed by atoms with Crippen molar-refractivity contribution < 1.29 is 10.3 Å². The Bertz CT molecular complexity index is 1310. The van der Waals surface area contributed by atoms with E-state index in [-0.39, 0.29) is 35.8 Å². The predicted molar refractivity (Wildman–Crippen MR) is 115 cm³/mol. The smallest absolute Gasteiger partial charge is 0.195 e. The molecule has 0 saturated heterocycles. The lowest BCUT2D eigenvalue weighted by Crippen LogP contribution is -2.02. The number of aromatic nitrogens is 2. The molecule has 2 aromatic carbocycles. The van der Waals surface area contributed by atoms with Gasteiger partial charge in [-0.2, -0.15) is 0 Å². The number of hydrogen-bond donors (Lipinski definition) is 0. The van der Waals surface area contributed by atoms with Crippen LogP contribution < -0.4 is 0 Å². The number of pyridine rings is 1. The van der Waals surface area contributed by atoms with E-state index < -0.39 is 0 Å². The van der Waals surface area contributed by atoms with E-state index in [0.29, 0.717) is 23.4 Å². The topological polar surface area (TPSA) is 34.9 Å². The Balaban J connectivity index is 1.85. The van der Waals surface area contributed by atoms with Gasteiger partial charge in [0.25, 0.3) is 0 Å². The van der Waals surface area contributed by atoms with Crippen LogP contribution in [0.25, 0.3) is 22.0 Å². The summed E-state index contributed by atoms with van der Waals surface area (Å²) >= 11 is 0. The summed E-state index contributed by atoms with van der Waals surface area (Å²) in [6.45, 7) is 2.74. The van der Waals surface area contributed by atoms with Gasteiger partial charge in [0.05, 0.1) is 11.2 Å². The highest BCUT2D eigenvalue weighted by molar-refractivity contribution is 6.16. The normalized spacial score (nSPS) is 13.0. The van der Waals surface area contributed by atoms with Crippen molar-refractivity contribution in [3.8, 4) is 11.3 Å². The SMILES string of the molecule is [2H]c1nc([2H])c(-c2cc(C(=O)c3cccc4ccccc34)cn2CCCCC)c([2H])c1[2H]. The van der Waals surface area contributed by atoms with Gasteiger partial charge in [-0.25, -0.2) is 0 Å². The quantitative estimate of drug-likeness (QED) is 0.289. The standard InChI is InChI=1S/C25H24N2O/c1-2-3-6-15-27-18-21(16-24(27)20-11-8-14-26-17-20)25(28)23-13-7-10-19-9-4-5-12-22(19)23/h4-5,7-14,16-18H,2-3,6,15H2,1H3/i8D,11D,14D,17D. The molecule has 0 amide bonds. The Labute approximate surface area is 171 Å². The fraction of sp³-hybridized carbons (Fsp3) is 0.200. The van der Waals surface area contributed by atoms with Crippen molar-refractivity contribution in [3.05, 3.63) is 90.3 Å². The molecule has 3 heteroatoms. The number of hydrogen-bond acceptors (Lipinski definition) is 2. The minimum absolute atomic E-state index is 0.133. The largest absolute Gasteiger partial charge is 0.347 e. The van der Waals surface area contributed by atoms with E-state index in [1.54, 1.807) is 12.3 Å². The number of carbonyl (C=O) groups is 1. The van der Waals surface area contributed by atoms with Crippen molar-refractivity contribution in [1.29, 1.82) is 0 Å². The molecule has 2 heterocycles. The number of rotatable bonds is 7. The zero-order valence-corrected chi connectivity index (χ0v) is 15.8. The van der Waals surface area contributed by atoms with Crippen molar-refractivity contribution in [2.45, 2.75) is 32.7 Å². The van der Waals surface area contributed by atoms with Crippen molar-refractivity contribution in [2.75, 3.05) is 0 Å². The molecular formula is C25H24N2O. The number of ketones is 1. The maximum Gasteiger partial charge on any atom is 0.195 e. The molecule has 0 spiro atoms. The highest BCUT2D eigenvalue weighted by atomic mass is 16.1. The summed E-state index contributed by atoms with van der Waals surface area (Å²) in [7, 11) is 0. The van der Waals surface area contributed by atoms with Crippen LogP contribution in [-0.4, -0.2) is 15.3 Å². The molecule has 0 fully saturated rings. The Kier molecular flexibility index (Phi) is 4.08. The van der Waals surface area contributed by atoms with E-state index in [9.17, 15) is 4.79 Å². The van der Waals surface area contributed by atoms with Crippen molar-refractivity contribution in [2.24, 2.45) is 0 Å². The van der Waals surface area contributed by atoms with E-state index >= 15 is 0 Å². The molecule has 28 heavy (non-hydrogen) atoms. The molecule has 140 valence electrons. The lowest BCUT2D eigenvalue weighted by atomic mass is 9.98. The van der Waals surface area contributed by atoms with Gasteiger partial charge in [-0.05, 0) is 35.3 Å². The number of carbonyl (C=O) groups excluding carboxylic acids is 1. The summed E-state index contributed by atoms with van der Waals surface area (Å²) in [5, 5.41) is 1.85. The third kappa shape index (κ3) is 3.61. The second kappa shape index (κ2) is 8.22. The molecule has 0 unspecified atom stereocenters. The number of aryl methyl sites for hydroxylation is 1. The van der Waals surface area contributed by atoms with E-state index in [4.69, 9.17) is 5.48 Å². The molecule has 4 rings (SSSR count). The first kappa shape index (κ1) is 13.9. The molecule has 0 saturated carbocycles. The molecule has 0 aliphatic rings. The average molecular weight is 373 g/mol. The van der Waals surface area contributed by atoms with Gasteiger partial charge in [0.15, 0.2) is 5.78 Å². The third-order valence-electron chi connectivity index (χ3n) is 4.92. The Morgan fingerprint density at radius 2 is 2.00 bits per heavy atom. The van der Waals surface area contributed by atoms with E-state index in [0.717, 1.165) is 30.0 Å². The lowest BCUT2D eigenvalue weighted by molar-refractivity contribution is 0.104. The molecule has 2 aromatic heterocycles. The highest BCUT2D eigenvalue weighted by Crippen LogP contribution is 2.26. The van der Waals surface area contributed by atoms with Gasteiger partial charge in [0.2, 0.25) is 0 Å². The Morgan fingerprint density at radius 1 is 1.14 bits per heavy atom. The summed E-state index contributed by atoms with van der Waals surface area (Å²) in [5.41, 5.74) is 1.76. The molecule has 0 bridgehead atoms. The van der Waals surface area contributed by atoms with Crippen molar-refractivity contribution in [3.63, 3.8) is 0 Å². The number of fused-ring (bicyclic) bond motifs is 1. The van der Waals surface area contributed by atoms with E-state index in [1.807, 2.05) is 47.0 Å². The number of nitrogens with zero attached hydrogens (tertiary/aromatic N) is 2. The summed E-state index contributed by atoms with van der Waals surface area (Å²) in [4.78, 5) is 17.3. The van der Waals surface area contributed by atoms with Crippen LogP contribution in [0.15, 0.2) is 79.2 Å². The molecule has 0 radical (unpaired) electrons. The van der Waals surface area contributed by atoms with E-state index in [2.05, 4.69) is 11.9 Å². The van der Waals surface area contributed by atoms with Gasteiger partial charge in [0, 0.05) is 41.8 Å². The zero-order chi connectivity index (χ0) is 22.8. The number of benzene rings is 2. The minimum Gasteiger partial charge on any atom is -0.347 e. The lowest BCUT2D eigenvalue weighted by Gasteiger charge is -2.08.